The second-order valence-electron chi connectivity index (χ2n) is 5.25. The van der Waals surface area contributed by atoms with Crippen molar-refractivity contribution in [1.29, 1.82) is 0 Å². The van der Waals surface area contributed by atoms with E-state index in [-0.39, 0.29) is 19.1 Å². The second-order valence-corrected chi connectivity index (χ2v) is 6.19. The molecule has 1 amide bonds. The fourth-order valence-electron chi connectivity index (χ4n) is 2.32. The number of benzene rings is 1. The summed E-state index contributed by atoms with van der Waals surface area (Å²) in [5, 5.41) is 4.58. The first-order valence-electron chi connectivity index (χ1n) is 7.41. The predicted molar refractivity (Wildman–Crippen MR) is 89.5 cm³/mol. The zero-order valence-electron chi connectivity index (χ0n) is 12.9. The Labute approximate surface area is 146 Å². The molecule has 0 saturated carbocycles. The molecule has 1 N–H and O–H groups in total. The van der Waals surface area contributed by atoms with Gasteiger partial charge in [0.25, 0.3) is 5.91 Å². The summed E-state index contributed by atoms with van der Waals surface area (Å²) in [5.74, 6) is 0.230. The minimum atomic E-state index is -0.525. The van der Waals surface area contributed by atoms with Crippen molar-refractivity contribution in [3.8, 4) is 16.5 Å². The van der Waals surface area contributed by atoms with Gasteiger partial charge in [0.1, 0.15) is 24.3 Å². The first-order chi connectivity index (χ1) is 12.2. The predicted octanol–water partition coefficient (Wildman–Crippen LogP) is 3.09. The van der Waals surface area contributed by atoms with Crippen LogP contribution in [0.2, 0.25) is 0 Å². The van der Waals surface area contributed by atoms with Crippen LogP contribution in [0.3, 0.4) is 0 Å². The number of anilines is 1. The van der Waals surface area contributed by atoms with Gasteiger partial charge in [0.15, 0.2) is 6.61 Å². The molecule has 7 nitrogen and oxygen atoms in total. The Morgan fingerprint density at radius 3 is 3.12 bits per heavy atom. The topological polar surface area (TPSA) is 90.7 Å². The maximum atomic E-state index is 12.2. The number of ether oxygens (including phenoxy) is 2. The fourth-order valence-corrected chi connectivity index (χ4v) is 2.98. The molecule has 3 heterocycles. The lowest BCUT2D eigenvalue weighted by atomic mass is 10.1. The highest BCUT2D eigenvalue weighted by molar-refractivity contribution is 7.13. The molecule has 25 heavy (non-hydrogen) atoms. The van der Waals surface area contributed by atoms with Gasteiger partial charge in [-0.25, -0.2) is 9.78 Å². The van der Waals surface area contributed by atoms with Crippen LogP contribution in [0, 0.1) is 0 Å². The van der Waals surface area contributed by atoms with E-state index in [0.29, 0.717) is 28.6 Å². The van der Waals surface area contributed by atoms with Crippen LogP contribution < -0.4 is 10.1 Å². The number of esters is 1. The molecule has 4 rings (SSSR count). The summed E-state index contributed by atoms with van der Waals surface area (Å²) in [6, 6.07) is 8.53. The van der Waals surface area contributed by atoms with Crippen molar-refractivity contribution < 1.29 is 23.5 Å². The highest BCUT2D eigenvalue weighted by Gasteiger charge is 2.18. The van der Waals surface area contributed by atoms with Crippen LogP contribution in [0.5, 0.6) is 5.75 Å². The van der Waals surface area contributed by atoms with Crippen LogP contribution in [0.15, 0.2) is 46.4 Å². The van der Waals surface area contributed by atoms with Gasteiger partial charge in [0.2, 0.25) is 5.89 Å². The van der Waals surface area contributed by atoms with Crippen molar-refractivity contribution >= 4 is 28.9 Å². The second kappa shape index (κ2) is 6.40. The van der Waals surface area contributed by atoms with E-state index in [1.54, 1.807) is 12.1 Å². The summed E-state index contributed by atoms with van der Waals surface area (Å²) in [5.41, 5.74) is 1.28. The minimum Gasteiger partial charge on any atom is -0.482 e. The van der Waals surface area contributed by atoms with E-state index in [1.807, 2.05) is 17.5 Å². The molecular formula is C17H12N2O5S. The number of hydrogen-bond acceptors (Lipinski definition) is 7. The van der Waals surface area contributed by atoms with Crippen LogP contribution in [0.25, 0.3) is 10.8 Å². The van der Waals surface area contributed by atoms with Crippen LogP contribution in [-0.2, 0) is 16.1 Å². The number of amides is 1. The molecule has 0 unspecified atom stereocenters. The summed E-state index contributed by atoms with van der Waals surface area (Å²) in [6.07, 6.45) is 1.46. The molecule has 0 bridgehead atoms. The van der Waals surface area contributed by atoms with Gasteiger partial charge in [-0.1, -0.05) is 6.07 Å². The summed E-state index contributed by atoms with van der Waals surface area (Å²) in [4.78, 5) is 28.7. The van der Waals surface area contributed by atoms with E-state index in [9.17, 15) is 9.59 Å². The number of nitrogens with one attached hydrogen (secondary N) is 1. The molecule has 3 aromatic rings. The number of carbonyl (C=O) groups excluding carboxylic acids is 2. The van der Waals surface area contributed by atoms with Gasteiger partial charge in [-0.05, 0) is 29.6 Å². The maximum Gasteiger partial charge on any atom is 0.338 e. The van der Waals surface area contributed by atoms with Gasteiger partial charge in [-0.2, -0.15) is 0 Å². The Bertz CT molecular complexity index is 932. The van der Waals surface area contributed by atoms with Crippen LogP contribution in [0.1, 0.15) is 16.1 Å². The third kappa shape index (κ3) is 3.24. The van der Waals surface area contributed by atoms with Gasteiger partial charge < -0.3 is 19.2 Å². The molecule has 1 aromatic carbocycles. The number of hydrogen-bond donors (Lipinski definition) is 1. The average molecular weight is 356 g/mol. The molecule has 126 valence electrons. The van der Waals surface area contributed by atoms with Gasteiger partial charge in [-0.15, -0.1) is 11.3 Å². The Morgan fingerprint density at radius 1 is 1.36 bits per heavy atom. The first kappa shape index (κ1) is 15.4. The number of oxazole rings is 1. The van der Waals surface area contributed by atoms with Crippen molar-refractivity contribution in [2.24, 2.45) is 0 Å². The van der Waals surface area contributed by atoms with Crippen molar-refractivity contribution in [3.05, 3.63) is 53.2 Å². The lowest BCUT2D eigenvalue weighted by Crippen LogP contribution is -2.25. The normalized spacial score (nSPS) is 12.9. The summed E-state index contributed by atoms with van der Waals surface area (Å²) >= 11 is 1.51. The standard InChI is InChI=1S/C17H12N2O5S/c20-15-9-22-13-4-3-10(6-12(13)19-15)17(21)24-8-11-7-23-16(18-11)14-2-1-5-25-14/h1-7H,8-9H2,(H,19,20). The number of thiophene rings is 1. The lowest BCUT2D eigenvalue weighted by molar-refractivity contribution is -0.118. The quantitative estimate of drug-likeness (QED) is 0.723. The summed E-state index contributed by atoms with van der Waals surface area (Å²) in [6.45, 7) is -0.0385. The molecule has 0 atom stereocenters. The van der Waals surface area contributed by atoms with Gasteiger partial charge in [0.05, 0.1) is 16.1 Å². The molecule has 8 heteroatoms. The Kier molecular flexibility index (Phi) is 3.95. The Hall–Kier alpha value is -3.13. The fraction of sp³-hybridized carbons (Fsp3) is 0.118. The SMILES string of the molecule is O=C1COc2ccc(C(=O)OCc3coc(-c4cccs4)n3)cc2N1. The number of fused-ring (bicyclic) bond motifs is 1. The van der Waals surface area contributed by atoms with E-state index in [2.05, 4.69) is 10.3 Å². The summed E-state index contributed by atoms with van der Waals surface area (Å²) < 4.78 is 15.9. The molecule has 1 aliphatic heterocycles. The largest absolute Gasteiger partial charge is 0.482 e. The zero-order chi connectivity index (χ0) is 17.2. The van der Waals surface area contributed by atoms with Gasteiger partial charge in [0, 0.05) is 0 Å². The smallest absolute Gasteiger partial charge is 0.338 e. The molecule has 2 aromatic heterocycles. The van der Waals surface area contributed by atoms with Crippen molar-refractivity contribution in [2.75, 3.05) is 11.9 Å². The highest BCUT2D eigenvalue weighted by Crippen LogP contribution is 2.29. The number of rotatable bonds is 4. The van der Waals surface area contributed by atoms with Crippen LogP contribution >= 0.6 is 11.3 Å². The van der Waals surface area contributed by atoms with Crippen LogP contribution in [-0.4, -0.2) is 23.5 Å². The Morgan fingerprint density at radius 2 is 2.28 bits per heavy atom. The average Bonchev–Trinajstić information content (AvgIpc) is 3.30. The monoisotopic (exact) mass is 356 g/mol. The Balaban J connectivity index is 1.42. The summed E-state index contributed by atoms with van der Waals surface area (Å²) in [7, 11) is 0. The molecule has 0 aliphatic carbocycles. The van der Waals surface area contributed by atoms with Gasteiger partial charge >= 0.3 is 5.97 Å². The third-order valence-corrected chi connectivity index (χ3v) is 4.34. The highest BCUT2D eigenvalue weighted by atomic mass is 32.1. The van der Waals surface area contributed by atoms with Crippen molar-refractivity contribution in [1.82, 2.24) is 4.98 Å². The van der Waals surface area contributed by atoms with E-state index in [1.165, 1.54) is 23.7 Å². The molecule has 0 spiro atoms. The molecule has 1 aliphatic rings. The number of nitrogens with zero attached hydrogens (tertiary/aromatic N) is 1. The maximum absolute atomic E-state index is 12.2. The van der Waals surface area contributed by atoms with Crippen molar-refractivity contribution in [2.45, 2.75) is 6.61 Å². The van der Waals surface area contributed by atoms with E-state index in [0.717, 1.165) is 4.88 Å². The number of carbonyl (C=O) groups is 2. The molecular weight excluding hydrogens is 344 g/mol. The minimum absolute atomic E-state index is 0.00630. The molecule has 0 saturated heterocycles. The molecule has 0 fully saturated rings. The van der Waals surface area contributed by atoms with Crippen LogP contribution in [0.4, 0.5) is 5.69 Å². The molecule has 0 radical (unpaired) electrons. The van der Waals surface area contributed by atoms with Gasteiger partial charge in [-0.3, -0.25) is 4.79 Å². The van der Waals surface area contributed by atoms with E-state index >= 15 is 0 Å². The third-order valence-electron chi connectivity index (χ3n) is 3.48. The van der Waals surface area contributed by atoms with E-state index in [4.69, 9.17) is 13.9 Å². The van der Waals surface area contributed by atoms with Crippen molar-refractivity contribution in [3.63, 3.8) is 0 Å². The van der Waals surface area contributed by atoms with E-state index < -0.39 is 5.97 Å². The zero-order valence-corrected chi connectivity index (χ0v) is 13.7. The lowest BCUT2D eigenvalue weighted by Gasteiger charge is -2.18. The first-order valence-corrected chi connectivity index (χ1v) is 8.29. The number of aromatic nitrogens is 1.